The fraction of sp³-hybridized carbons (Fsp3) is 0.417. The van der Waals surface area contributed by atoms with Crippen LogP contribution in [-0.4, -0.2) is 25.8 Å². The first-order chi connectivity index (χ1) is 8.69. The van der Waals surface area contributed by atoms with Crippen LogP contribution in [0, 0.1) is 3.57 Å². The third kappa shape index (κ3) is 4.34. The molecule has 1 rings (SSSR count). The Kier molecular flexibility index (Phi) is 5.19. The van der Waals surface area contributed by atoms with Crippen molar-refractivity contribution in [1.29, 1.82) is 0 Å². The van der Waals surface area contributed by atoms with E-state index in [0.717, 1.165) is 10.7 Å². The second-order valence-electron chi connectivity index (χ2n) is 4.09. The van der Waals surface area contributed by atoms with Gasteiger partial charge in [0.15, 0.2) is 0 Å². The molecule has 0 amide bonds. The minimum atomic E-state index is -4.40. The molecule has 106 valence electrons. The fourth-order valence-corrected chi connectivity index (χ4v) is 1.92. The normalized spacial score (nSPS) is 14.8. The lowest BCUT2D eigenvalue weighted by atomic mass is 9.92. The molecule has 0 radical (unpaired) electrons. The van der Waals surface area contributed by atoms with Crippen molar-refractivity contribution < 1.29 is 22.7 Å². The maximum absolute atomic E-state index is 12.3. The Hall–Kier alpha value is -0.830. The fourth-order valence-electron chi connectivity index (χ4n) is 1.56. The summed E-state index contributed by atoms with van der Waals surface area (Å²) in [6, 6.07) is 6.63. The molecular weight excluding hydrogens is 374 g/mol. The third-order valence-electron chi connectivity index (χ3n) is 2.66. The largest absolute Gasteiger partial charge is 0.467 e. The lowest BCUT2D eigenvalue weighted by molar-refractivity contribution is -0.153. The number of halogens is 4. The summed E-state index contributed by atoms with van der Waals surface area (Å²) in [5.74, 6) is -0.766. The molecule has 7 heteroatoms. The standard InChI is InChI=1S/C12H13F3INO2/c1-11(10(18)19-2,17-7-12(13,14)15)8-3-5-9(16)6-4-8/h3-6,17H,7H2,1-2H3. The number of rotatable bonds is 4. The smallest absolute Gasteiger partial charge is 0.401 e. The van der Waals surface area contributed by atoms with Crippen LogP contribution in [0.1, 0.15) is 12.5 Å². The van der Waals surface area contributed by atoms with Gasteiger partial charge in [0.25, 0.3) is 0 Å². The number of carbonyl (C=O) groups excluding carboxylic acids is 1. The summed E-state index contributed by atoms with van der Waals surface area (Å²) in [4.78, 5) is 11.8. The van der Waals surface area contributed by atoms with Crippen LogP contribution in [0.5, 0.6) is 0 Å². The second-order valence-corrected chi connectivity index (χ2v) is 5.34. The molecule has 3 nitrogen and oxygen atoms in total. The van der Waals surface area contributed by atoms with E-state index in [2.05, 4.69) is 32.6 Å². The van der Waals surface area contributed by atoms with E-state index in [9.17, 15) is 18.0 Å². The van der Waals surface area contributed by atoms with Gasteiger partial charge in [-0.1, -0.05) is 12.1 Å². The van der Waals surface area contributed by atoms with Crippen LogP contribution in [0.25, 0.3) is 0 Å². The van der Waals surface area contributed by atoms with Gasteiger partial charge in [0.1, 0.15) is 5.54 Å². The molecule has 1 N–H and O–H groups in total. The van der Waals surface area contributed by atoms with Crippen molar-refractivity contribution in [3.8, 4) is 0 Å². The number of methoxy groups -OCH3 is 1. The zero-order valence-corrected chi connectivity index (χ0v) is 12.5. The molecule has 0 heterocycles. The molecule has 1 unspecified atom stereocenters. The summed E-state index contributed by atoms with van der Waals surface area (Å²) in [7, 11) is 1.14. The Morgan fingerprint density at radius 2 is 1.84 bits per heavy atom. The van der Waals surface area contributed by atoms with E-state index in [0.29, 0.717) is 5.56 Å². The quantitative estimate of drug-likeness (QED) is 0.638. The van der Waals surface area contributed by atoms with Crippen molar-refractivity contribution in [1.82, 2.24) is 5.32 Å². The molecule has 0 aliphatic carbocycles. The van der Waals surface area contributed by atoms with Crippen molar-refractivity contribution in [3.05, 3.63) is 33.4 Å². The van der Waals surface area contributed by atoms with E-state index in [1.807, 2.05) is 0 Å². The summed E-state index contributed by atoms with van der Waals surface area (Å²) in [6.07, 6.45) is -4.40. The molecule has 19 heavy (non-hydrogen) atoms. The minimum absolute atomic E-state index is 0.420. The van der Waals surface area contributed by atoms with E-state index in [1.54, 1.807) is 24.3 Å². The average molecular weight is 387 g/mol. The molecule has 0 aliphatic heterocycles. The van der Waals surface area contributed by atoms with Crippen LogP contribution in [-0.2, 0) is 15.1 Å². The van der Waals surface area contributed by atoms with Crippen LogP contribution in [0.3, 0.4) is 0 Å². The Labute approximate surface area is 122 Å². The maximum Gasteiger partial charge on any atom is 0.401 e. The first-order valence-corrected chi connectivity index (χ1v) is 6.43. The molecule has 0 fully saturated rings. The van der Waals surface area contributed by atoms with Crippen molar-refractivity contribution in [2.75, 3.05) is 13.7 Å². The van der Waals surface area contributed by atoms with Gasteiger partial charge >= 0.3 is 12.1 Å². The molecule has 0 saturated carbocycles. The van der Waals surface area contributed by atoms with Crippen LogP contribution in [0.15, 0.2) is 24.3 Å². The lowest BCUT2D eigenvalue weighted by Gasteiger charge is -2.29. The van der Waals surface area contributed by atoms with Crippen molar-refractivity contribution in [2.24, 2.45) is 0 Å². The van der Waals surface area contributed by atoms with Crippen molar-refractivity contribution in [2.45, 2.75) is 18.6 Å². The first kappa shape index (κ1) is 16.2. The van der Waals surface area contributed by atoms with Crippen LogP contribution >= 0.6 is 22.6 Å². The number of ether oxygens (including phenoxy) is 1. The number of hydrogen-bond donors (Lipinski definition) is 1. The number of carbonyl (C=O) groups is 1. The van der Waals surface area contributed by atoms with Gasteiger partial charge in [-0.05, 0) is 47.2 Å². The molecule has 0 bridgehead atoms. The zero-order chi connectivity index (χ0) is 14.7. The van der Waals surface area contributed by atoms with Crippen molar-refractivity contribution >= 4 is 28.6 Å². The van der Waals surface area contributed by atoms with Crippen molar-refractivity contribution in [3.63, 3.8) is 0 Å². The molecule has 1 aromatic rings. The first-order valence-electron chi connectivity index (χ1n) is 5.35. The SMILES string of the molecule is COC(=O)C(C)(NCC(F)(F)F)c1ccc(I)cc1. The van der Waals surface area contributed by atoms with E-state index in [-0.39, 0.29) is 0 Å². The van der Waals surface area contributed by atoms with E-state index < -0.39 is 24.2 Å². The third-order valence-corrected chi connectivity index (χ3v) is 3.38. The maximum atomic E-state index is 12.3. The van der Waals surface area contributed by atoms with Gasteiger partial charge in [0.05, 0.1) is 13.7 Å². The topological polar surface area (TPSA) is 38.3 Å². The molecule has 1 atom stereocenters. The molecule has 0 saturated heterocycles. The minimum Gasteiger partial charge on any atom is -0.467 e. The highest BCUT2D eigenvalue weighted by Gasteiger charge is 2.40. The Bertz CT molecular complexity index is 447. The molecule has 1 aromatic carbocycles. The van der Waals surface area contributed by atoms with Crippen LogP contribution in [0.4, 0.5) is 13.2 Å². The Morgan fingerprint density at radius 3 is 2.26 bits per heavy atom. The van der Waals surface area contributed by atoms with Gasteiger partial charge in [-0.15, -0.1) is 0 Å². The molecular formula is C12H13F3INO2. The van der Waals surface area contributed by atoms with Gasteiger partial charge in [-0.25, -0.2) is 4.79 Å². The lowest BCUT2D eigenvalue weighted by Crippen LogP contribution is -2.50. The number of hydrogen-bond acceptors (Lipinski definition) is 3. The highest BCUT2D eigenvalue weighted by atomic mass is 127. The Balaban J connectivity index is 3.06. The summed E-state index contributed by atoms with van der Waals surface area (Å²) in [5.41, 5.74) is -1.11. The molecule has 0 aliphatic rings. The predicted octanol–water partition coefficient (Wildman–Crippen LogP) is 2.83. The molecule has 0 aromatic heterocycles. The number of nitrogens with one attached hydrogen (secondary N) is 1. The Morgan fingerprint density at radius 1 is 1.32 bits per heavy atom. The summed E-state index contributed by atoms with van der Waals surface area (Å²) < 4.78 is 42.5. The van der Waals surface area contributed by atoms with Crippen LogP contribution < -0.4 is 5.32 Å². The highest BCUT2D eigenvalue weighted by molar-refractivity contribution is 14.1. The van der Waals surface area contributed by atoms with Crippen LogP contribution in [0.2, 0.25) is 0 Å². The summed E-state index contributed by atoms with van der Waals surface area (Å²) in [6.45, 7) is 0.0946. The zero-order valence-electron chi connectivity index (χ0n) is 10.3. The second kappa shape index (κ2) is 6.08. The monoisotopic (exact) mass is 387 g/mol. The number of alkyl halides is 3. The number of esters is 1. The predicted molar refractivity (Wildman–Crippen MR) is 72.6 cm³/mol. The van der Waals surface area contributed by atoms with E-state index in [1.165, 1.54) is 6.92 Å². The molecule has 0 spiro atoms. The number of benzene rings is 1. The van der Waals surface area contributed by atoms with Gasteiger partial charge in [0, 0.05) is 3.57 Å². The van der Waals surface area contributed by atoms with Gasteiger partial charge in [0.2, 0.25) is 0 Å². The van der Waals surface area contributed by atoms with Gasteiger partial charge < -0.3 is 4.74 Å². The summed E-state index contributed by atoms with van der Waals surface area (Å²) in [5, 5.41) is 2.22. The van der Waals surface area contributed by atoms with E-state index in [4.69, 9.17) is 0 Å². The summed E-state index contributed by atoms with van der Waals surface area (Å²) >= 11 is 2.07. The van der Waals surface area contributed by atoms with Gasteiger partial charge in [-0.3, -0.25) is 5.32 Å². The highest BCUT2D eigenvalue weighted by Crippen LogP contribution is 2.25. The average Bonchev–Trinajstić information content (AvgIpc) is 2.35. The van der Waals surface area contributed by atoms with E-state index >= 15 is 0 Å². The van der Waals surface area contributed by atoms with Gasteiger partial charge in [-0.2, -0.15) is 13.2 Å².